The molecule has 2 atom stereocenters. The van der Waals surface area contributed by atoms with Gasteiger partial charge >= 0.3 is 0 Å². The first-order valence-corrected chi connectivity index (χ1v) is 12.5. The van der Waals surface area contributed by atoms with Gasteiger partial charge in [0.05, 0.1) is 12.5 Å². The minimum Gasteiger partial charge on any atom is -0.350 e. The molecule has 0 aliphatic carbocycles. The van der Waals surface area contributed by atoms with Gasteiger partial charge in [0, 0.05) is 42.8 Å². The van der Waals surface area contributed by atoms with E-state index in [1.165, 1.54) is 4.90 Å². The Bertz CT molecular complexity index is 982. The van der Waals surface area contributed by atoms with E-state index in [0.717, 1.165) is 11.1 Å². The zero-order valence-corrected chi connectivity index (χ0v) is 21.6. The van der Waals surface area contributed by atoms with E-state index in [1.807, 2.05) is 30.3 Å². The van der Waals surface area contributed by atoms with Crippen LogP contribution in [0.3, 0.4) is 0 Å². The predicted molar refractivity (Wildman–Crippen MR) is 142 cm³/mol. The Morgan fingerprint density at radius 3 is 2.08 bits per heavy atom. The number of nitrogens with two attached hydrogens (primary N) is 3. The first-order chi connectivity index (χ1) is 17.2. The summed E-state index contributed by atoms with van der Waals surface area (Å²) in [6.45, 7) is 1.36. The highest BCUT2D eigenvalue weighted by molar-refractivity contribution is 6.34. The largest absolute Gasteiger partial charge is 0.350 e. The summed E-state index contributed by atoms with van der Waals surface area (Å²) in [6.07, 6.45) is 0.669. The first kappa shape index (κ1) is 29.5. The second kappa shape index (κ2) is 15.4. The van der Waals surface area contributed by atoms with Crippen LogP contribution in [0.4, 0.5) is 0 Å². The van der Waals surface area contributed by atoms with Crippen molar-refractivity contribution in [3.05, 3.63) is 69.7 Å². The van der Waals surface area contributed by atoms with Crippen molar-refractivity contribution in [3.63, 3.8) is 0 Å². The number of carbonyl (C=O) groups excluding carboxylic acids is 3. The molecule has 2 unspecified atom stereocenters. The van der Waals surface area contributed by atoms with Crippen LogP contribution in [-0.2, 0) is 27.3 Å². The third kappa shape index (κ3) is 10.1. The summed E-state index contributed by atoms with van der Waals surface area (Å²) in [5.74, 6) is -1.30. The van der Waals surface area contributed by atoms with Crippen molar-refractivity contribution in [1.82, 2.24) is 15.5 Å². The molecule has 0 fully saturated rings. The van der Waals surface area contributed by atoms with E-state index in [9.17, 15) is 14.4 Å². The molecule has 196 valence electrons. The summed E-state index contributed by atoms with van der Waals surface area (Å²) in [6, 6.07) is 12.6. The van der Waals surface area contributed by atoms with Crippen LogP contribution in [0.25, 0.3) is 0 Å². The molecule has 0 aliphatic rings. The number of nitrogens with one attached hydrogen (secondary N) is 2. The fraction of sp³-hybridized carbons (Fsp3) is 0.400. The lowest BCUT2D eigenvalue weighted by Gasteiger charge is -2.24. The predicted octanol–water partition coefficient (Wildman–Crippen LogP) is 1.19. The van der Waals surface area contributed by atoms with E-state index in [0.29, 0.717) is 36.0 Å². The number of halogens is 2. The van der Waals surface area contributed by atoms with Crippen molar-refractivity contribution in [2.75, 3.05) is 26.2 Å². The molecule has 0 aliphatic heterocycles. The number of rotatable bonds is 14. The van der Waals surface area contributed by atoms with E-state index in [1.54, 1.807) is 18.2 Å². The van der Waals surface area contributed by atoms with Crippen molar-refractivity contribution in [2.24, 2.45) is 17.2 Å². The summed E-state index contributed by atoms with van der Waals surface area (Å²) in [5, 5.41) is 6.42. The number of amides is 3. The number of aryl methyl sites for hydroxylation is 1. The fourth-order valence-electron chi connectivity index (χ4n) is 3.61. The molecule has 0 heterocycles. The van der Waals surface area contributed by atoms with Gasteiger partial charge in [0.15, 0.2) is 0 Å². The summed E-state index contributed by atoms with van der Waals surface area (Å²) in [5.41, 5.74) is 18.9. The number of hydrogen-bond donors (Lipinski definition) is 5. The Morgan fingerprint density at radius 2 is 1.50 bits per heavy atom. The highest BCUT2D eigenvalue weighted by Crippen LogP contribution is 2.19. The molecule has 2 aromatic rings. The van der Waals surface area contributed by atoms with Crippen LogP contribution in [0.1, 0.15) is 24.0 Å². The molecular weight excluding hydrogens is 503 g/mol. The Labute approximate surface area is 221 Å². The van der Waals surface area contributed by atoms with Crippen LogP contribution in [-0.4, -0.2) is 60.9 Å². The summed E-state index contributed by atoms with van der Waals surface area (Å²) in [4.78, 5) is 39.9. The van der Waals surface area contributed by atoms with Crippen molar-refractivity contribution >= 4 is 40.9 Å². The van der Waals surface area contributed by atoms with Gasteiger partial charge in [0.2, 0.25) is 17.7 Å². The van der Waals surface area contributed by atoms with Gasteiger partial charge in [0.25, 0.3) is 0 Å². The lowest BCUT2D eigenvalue weighted by Crippen LogP contribution is -2.53. The number of benzene rings is 2. The topological polar surface area (TPSA) is 157 Å². The van der Waals surface area contributed by atoms with E-state index < -0.39 is 18.0 Å². The van der Waals surface area contributed by atoms with Crippen LogP contribution in [0.2, 0.25) is 10.0 Å². The molecule has 0 saturated heterocycles. The van der Waals surface area contributed by atoms with Crippen molar-refractivity contribution in [3.8, 4) is 0 Å². The van der Waals surface area contributed by atoms with Crippen molar-refractivity contribution < 1.29 is 14.4 Å². The molecule has 2 rings (SSSR count). The lowest BCUT2D eigenvalue weighted by atomic mass is 10.0. The quantitative estimate of drug-likeness (QED) is 0.244. The second-order valence-electron chi connectivity index (χ2n) is 8.35. The average molecular weight is 537 g/mol. The summed E-state index contributed by atoms with van der Waals surface area (Å²) in [7, 11) is 0. The maximum atomic E-state index is 13.0. The van der Waals surface area contributed by atoms with Crippen LogP contribution in [0, 0.1) is 0 Å². The van der Waals surface area contributed by atoms with Gasteiger partial charge in [-0.3, -0.25) is 14.4 Å². The van der Waals surface area contributed by atoms with Gasteiger partial charge in [-0.1, -0.05) is 53.5 Å². The summed E-state index contributed by atoms with van der Waals surface area (Å²) >= 11 is 12.1. The van der Waals surface area contributed by atoms with Crippen molar-refractivity contribution in [2.45, 2.75) is 37.9 Å². The van der Waals surface area contributed by atoms with Gasteiger partial charge in [0.1, 0.15) is 6.04 Å². The molecule has 8 N–H and O–H groups in total. The van der Waals surface area contributed by atoms with Crippen LogP contribution < -0.4 is 27.8 Å². The minimum absolute atomic E-state index is 0.175. The molecule has 11 heteroatoms. The Morgan fingerprint density at radius 1 is 0.889 bits per heavy atom. The third-order valence-corrected chi connectivity index (χ3v) is 5.91. The number of nitrogens with zero attached hydrogens (tertiary/aromatic N) is 1. The summed E-state index contributed by atoms with van der Waals surface area (Å²) < 4.78 is 0. The maximum absolute atomic E-state index is 13.0. The molecule has 2 aromatic carbocycles. The second-order valence-corrected chi connectivity index (χ2v) is 9.22. The number of carbonyl (C=O) groups is 3. The highest BCUT2D eigenvalue weighted by Gasteiger charge is 2.26. The van der Waals surface area contributed by atoms with E-state index >= 15 is 0 Å². The normalized spacial score (nSPS) is 12.5. The fourth-order valence-corrected chi connectivity index (χ4v) is 4.18. The van der Waals surface area contributed by atoms with E-state index in [-0.39, 0.29) is 37.9 Å². The molecule has 0 spiro atoms. The average Bonchev–Trinajstić information content (AvgIpc) is 2.84. The molecule has 3 amide bonds. The Kier molecular flexibility index (Phi) is 12.7. The van der Waals surface area contributed by atoms with Crippen molar-refractivity contribution in [1.29, 1.82) is 0 Å². The van der Waals surface area contributed by atoms with Gasteiger partial charge < -0.3 is 32.7 Å². The highest BCUT2D eigenvalue weighted by atomic mass is 35.5. The molecule has 9 nitrogen and oxygen atoms in total. The maximum Gasteiger partial charge on any atom is 0.242 e. The molecule has 0 radical (unpaired) electrons. The van der Waals surface area contributed by atoms with Crippen LogP contribution in [0.15, 0.2) is 48.5 Å². The Balaban J connectivity index is 2.05. The molecule has 0 saturated carbocycles. The minimum atomic E-state index is -1.13. The van der Waals surface area contributed by atoms with E-state index in [2.05, 4.69) is 10.6 Å². The van der Waals surface area contributed by atoms with Gasteiger partial charge in [-0.2, -0.15) is 0 Å². The monoisotopic (exact) mass is 536 g/mol. The standard InChI is InChI=1S/C25H34Cl2N6O3/c26-19-12-18(13-20(27)14-19)16-31-25(36)22(7-6-17-4-2-1-3-5-17)32-24(35)21(30)15-23(34)33(10-8-28)11-9-29/h1-5,12-14,21-22H,6-11,15-16,28-30H2,(H,31,36)(H,32,35). The molecule has 36 heavy (non-hydrogen) atoms. The zero-order valence-electron chi connectivity index (χ0n) is 20.1. The lowest BCUT2D eigenvalue weighted by molar-refractivity contribution is -0.135. The molecule has 0 aromatic heterocycles. The zero-order chi connectivity index (χ0) is 26.5. The first-order valence-electron chi connectivity index (χ1n) is 11.7. The smallest absolute Gasteiger partial charge is 0.242 e. The Hall–Kier alpha value is -2.69. The van der Waals surface area contributed by atoms with Gasteiger partial charge in [-0.25, -0.2) is 0 Å². The third-order valence-electron chi connectivity index (χ3n) is 5.47. The number of hydrogen-bond acceptors (Lipinski definition) is 6. The van der Waals surface area contributed by atoms with Gasteiger partial charge in [-0.05, 0) is 42.2 Å². The molecule has 0 bridgehead atoms. The van der Waals surface area contributed by atoms with E-state index in [4.69, 9.17) is 40.4 Å². The SMILES string of the molecule is NCCN(CCN)C(=O)CC(N)C(=O)NC(CCc1ccccc1)C(=O)NCc1cc(Cl)cc(Cl)c1. The molecular formula is C25H34Cl2N6O3. The van der Waals surface area contributed by atoms with Crippen LogP contribution in [0.5, 0.6) is 0 Å². The van der Waals surface area contributed by atoms with Crippen LogP contribution >= 0.6 is 23.2 Å². The van der Waals surface area contributed by atoms with Gasteiger partial charge in [-0.15, -0.1) is 0 Å².